The summed E-state index contributed by atoms with van der Waals surface area (Å²) in [6.07, 6.45) is -3.77. The number of amides is 1. The van der Waals surface area contributed by atoms with Crippen molar-refractivity contribution in [3.05, 3.63) is 64.5 Å². The second-order valence-electron chi connectivity index (χ2n) is 11.3. The minimum atomic E-state index is -4.81. The lowest BCUT2D eigenvalue weighted by Crippen LogP contribution is -2.43. The minimum Gasteiger partial charge on any atom is -0.372 e. The first-order chi connectivity index (χ1) is 21.2. The van der Waals surface area contributed by atoms with E-state index in [1.54, 1.807) is 32.0 Å². The van der Waals surface area contributed by atoms with Crippen LogP contribution in [0.5, 0.6) is 0 Å². The number of likely N-dealkylation sites (N-methyl/N-ethyl adjacent to an activating group) is 1. The molecule has 2 aromatic rings. The monoisotopic (exact) mass is 654 g/mol. The van der Waals surface area contributed by atoms with Crippen molar-refractivity contribution in [3.8, 4) is 0 Å². The minimum absolute atomic E-state index is 0.0276. The molecule has 0 unspecified atom stereocenters. The van der Waals surface area contributed by atoms with Crippen LogP contribution in [0.1, 0.15) is 39.0 Å². The van der Waals surface area contributed by atoms with Crippen molar-refractivity contribution < 1.29 is 35.9 Å². The van der Waals surface area contributed by atoms with Crippen LogP contribution in [0.25, 0.3) is 0 Å². The van der Waals surface area contributed by atoms with E-state index >= 15 is 0 Å². The topological polar surface area (TPSA) is 109 Å². The Labute approximate surface area is 262 Å². The predicted molar refractivity (Wildman–Crippen MR) is 162 cm³/mol. The predicted octanol–water partition coefficient (Wildman–Crippen LogP) is 4.16. The molecule has 1 amide bonds. The molecule has 1 aromatic carbocycles. The maximum absolute atomic E-state index is 14.6. The number of rotatable bonds is 12. The van der Waals surface area contributed by atoms with Crippen molar-refractivity contribution in [3.63, 3.8) is 0 Å². The number of aromatic nitrogens is 2. The van der Waals surface area contributed by atoms with E-state index in [-0.39, 0.29) is 37.3 Å². The highest BCUT2D eigenvalue weighted by Crippen LogP contribution is 2.36. The number of alkyl halides is 3. The lowest BCUT2D eigenvalue weighted by molar-refractivity contribution is -0.115. The molecule has 0 bridgehead atoms. The Balaban J connectivity index is 1.69. The molecule has 1 saturated heterocycles. The molecule has 2 aliphatic rings. The van der Waals surface area contributed by atoms with Gasteiger partial charge < -0.3 is 24.6 Å². The van der Waals surface area contributed by atoms with Crippen LogP contribution in [-0.4, -0.2) is 91.0 Å². The van der Waals surface area contributed by atoms with Crippen LogP contribution in [-0.2, 0) is 44.1 Å². The number of anilines is 1. The van der Waals surface area contributed by atoms with Crippen molar-refractivity contribution in [2.75, 3.05) is 51.9 Å². The molecule has 1 fully saturated rings. The Morgan fingerprint density at radius 3 is 2.36 bits per heavy atom. The molecule has 0 radical (unpaired) electrons. The van der Waals surface area contributed by atoms with Crippen molar-refractivity contribution in [2.24, 2.45) is 5.92 Å². The van der Waals surface area contributed by atoms with Crippen LogP contribution in [0.15, 0.2) is 58.1 Å². The van der Waals surface area contributed by atoms with Gasteiger partial charge in [0.15, 0.2) is 5.82 Å². The summed E-state index contributed by atoms with van der Waals surface area (Å²) in [7, 11) is -1.96. The molecule has 0 spiro atoms. The van der Waals surface area contributed by atoms with E-state index in [2.05, 4.69) is 15.3 Å². The number of nitrogens with zero attached hydrogens (tertiary/aromatic N) is 5. The SMILES string of the molecule is CCOCOCn1nc(NC(=O)/C(=C(/C=C(\C)N2CCN(C)CC2)C(F)(F)F)C(C)C)c2c1CN(S(=O)(=O)c1ccccc1)C2. The number of allylic oxidation sites excluding steroid dienone is 3. The molecule has 248 valence electrons. The van der Waals surface area contributed by atoms with E-state index in [0.29, 0.717) is 49.7 Å². The average molecular weight is 655 g/mol. The van der Waals surface area contributed by atoms with Crippen LogP contribution >= 0.6 is 0 Å². The molecule has 3 heterocycles. The molecule has 1 N–H and O–H groups in total. The number of sulfonamides is 1. The van der Waals surface area contributed by atoms with Gasteiger partial charge in [-0.05, 0) is 45.0 Å². The number of benzene rings is 1. The number of piperazine rings is 1. The van der Waals surface area contributed by atoms with E-state index in [9.17, 15) is 26.4 Å². The number of ether oxygens (including phenoxy) is 2. The smallest absolute Gasteiger partial charge is 0.372 e. The van der Waals surface area contributed by atoms with Crippen LogP contribution in [0, 0.1) is 5.92 Å². The number of hydrogen-bond donors (Lipinski definition) is 1. The summed E-state index contributed by atoms with van der Waals surface area (Å²) in [5, 5.41) is 7.00. The first-order valence-electron chi connectivity index (χ1n) is 14.8. The molecule has 1 aromatic heterocycles. The standard InChI is InChI=1S/C30H41F3N6O5S/c1-6-43-20-44-19-39-26-18-38(45(41,42)23-10-8-7-9-11-23)17-24(26)28(35-39)34-29(40)27(21(2)3)25(30(31,32)33)16-22(4)37-14-12-36(5)13-15-37/h7-11,16,21H,6,12-15,17-20H2,1-5H3,(H,34,35,40)/b22-16+,27-25-. The van der Waals surface area contributed by atoms with Gasteiger partial charge in [-0.25, -0.2) is 13.1 Å². The summed E-state index contributed by atoms with van der Waals surface area (Å²) >= 11 is 0. The summed E-state index contributed by atoms with van der Waals surface area (Å²) in [6, 6.07) is 7.89. The third kappa shape index (κ3) is 8.14. The van der Waals surface area contributed by atoms with Crippen molar-refractivity contribution >= 4 is 21.7 Å². The Hall–Kier alpha value is -3.24. The van der Waals surface area contributed by atoms with Gasteiger partial charge in [-0.1, -0.05) is 32.0 Å². The zero-order valence-electron chi connectivity index (χ0n) is 26.2. The van der Waals surface area contributed by atoms with Gasteiger partial charge in [0, 0.05) is 56.2 Å². The third-order valence-electron chi connectivity index (χ3n) is 7.80. The van der Waals surface area contributed by atoms with E-state index in [0.717, 1.165) is 6.08 Å². The van der Waals surface area contributed by atoms with Gasteiger partial charge in [0.25, 0.3) is 5.91 Å². The number of nitrogens with one attached hydrogen (secondary N) is 1. The average Bonchev–Trinajstić information content (AvgIpc) is 3.56. The molecule has 0 atom stereocenters. The number of carbonyl (C=O) groups excluding carboxylic acids is 1. The summed E-state index contributed by atoms with van der Waals surface area (Å²) in [5.41, 5.74) is -0.226. The zero-order chi connectivity index (χ0) is 32.9. The number of fused-ring (bicyclic) bond motifs is 1. The van der Waals surface area contributed by atoms with E-state index < -0.39 is 39.2 Å². The van der Waals surface area contributed by atoms with E-state index in [4.69, 9.17) is 9.47 Å². The van der Waals surface area contributed by atoms with Crippen molar-refractivity contribution in [2.45, 2.75) is 58.6 Å². The molecular weight excluding hydrogens is 613 g/mol. The molecule has 11 nitrogen and oxygen atoms in total. The molecular formula is C30H41F3N6O5S. The highest BCUT2D eigenvalue weighted by molar-refractivity contribution is 7.89. The van der Waals surface area contributed by atoms with E-state index in [1.807, 2.05) is 11.9 Å². The molecule has 45 heavy (non-hydrogen) atoms. The molecule has 2 aliphatic heterocycles. The van der Waals surface area contributed by atoms with Gasteiger partial charge in [-0.2, -0.15) is 22.6 Å². The lowest BCUT2D eigenvalue weighted by atomic mass is 9.94. The summed E-state index contributed by atoms with van der Waals surface area (Å²) in [4.78, 5) is 17.8. The second-order valence-corrected chi connectivity index (χ2v) is 13.3. The molecule has 4 rings (SSSR count). The highest BCUT2D eigenvalue weighted by Gasteiger charge is 2.40. The van der Waals surface area contributed by atoms with Gasteiger partial charge in [-0.3, -0.25) is 4.79 Å². The van der Waals surface area contributed by atoms with Gasteiger partial charge in [0.05, 0.1) is 22.7 Å². The van der Waals surface area contributed by atoms with Crippen molar-refractivity contribution in [1.29, 1.82) is 0 Å². The van der Waals surface area contributed by atoms with Gasteiger partial charge in [0.2, 0.25) is 10.0 Å². The summed E-state index contributed by atoms with van der Waals surface area (Å²) in [5.74, 6) is -1.79. The summed E-state index contributed by atoms with van der Waals surface area (Å²) in [6.45, 7) is 9.08. The number of halogens is 3. The maximum atomic E-state index is 14.6. The van der Waals surface area contributed by atoms with Gasteiger partial charge in [-0.15, -0.1) is 0 Å². The van der Waals surface area contributed by atoms with Crippen LogP contribution < -0.4 is 5.32 Å². The first kappa shape index (κ1) is 34.6. The molecule has 0 aliphatic carbocycles. The fourth-order valence-corrected chi connectivity index (χ4v) is 6.69. The Morgan fingerprint density at radius 2 is 1.76 bits per heavy atom. The first-order valence-corrected chi connectivity index (χ1v) is 16.2. The quantitative estimate of drug-likeness (QED) is 0.157. The second kappa shape index (κ2) is 14.5. The number of hydrogen-bond acceptors (Lipinski definition) is 8. The largest absolute Gasteiger partial charge is 0.416 e. The van der Waals surface area contributed by atoms with Gasteiger partial charge in [0.1, 0.15) is 13.5 Å². The normalized spacial score (nSPS) is 17.5. The third-order valence-corrected chi connectivity index (χ3v) is 9.60. The van der Waals surface area contributed by atoms with Crippen LogP contribution in [0.3, 0.4) is 0 Å². The molecule has 15 heteroatoms. The maximum Gasteiger partial charge on any atom is 0.416 e. The highest BCUT2D eigenvalue weighted by atomic mass is 32.2. The Bertz CT molecular complexity index is 1510. The fourth-order valence-electron chi connectivity index (χ4n) is 5.30. The van der Waals surface area contributed by atoms with E-state index in [1.165, 1.54) is 35.0 Å². The van der Waals surface area contributed by atoms with Crippen LogP contribution in [0.2, 0.25) is 0 Å². The number of carbonyl (C=O) groups is 1. The Kier molecular flexibility index (Phi) is 11.1. The lowest BCUT2D eigenvalue weighted by Gasteiger charge is -2.34. The fraction of sp³-hybridized carbons (Fsp3) is 0.533. The Morgan fingerprint density at radius 1 is 1.09 bits per heavy atom. The van der Waals surface area contributed by atoms with Gasteiger partial charge >= 0.3 is 6.18 Å². The van der Waals surface area contributed by atoms with Crippen LogP contribution in [0.4, 0.5) is 19.0 Å². The zero-order valence-corrected chi connectivity index (χ0v) is 27.0. The molecule has 0 saturated carbocycles. The summed E-state index contributed by atoms with van der Waals surface area (Å²) < 4.78 is 83.8. The van der Waals surface area contributed by atoms with Crippen molar-refractivity contribution in [1.82, 2.24) is 23.9 Å².